The van der Waals surface area contributed by atoms with Crippen LogP contribution in [0.1, 0.15) is 50.2 Å². The molecular formula is C20H30N2O3. The Labute approximate surface area is 150 Å². The fraction of sp³-hybridized carbons (Fsp3) is 0.550. The van der Waals surface area contributed by atoms with Gasteiger partial charge in [0.05, 0.1) is 12.7 Å². The van der Waals surface area contributed by atoms with Crippen LogP contribution in [0.3, 0.4) is 0 Å². The van der Waals surface area contributed by atoms with Crippen LogP contribution in [0.25, 0.3) is 10.9 Å². The molecule has 1 amide bonds. The van der Waals surface area contributed by atoms with Crippen molar-refractivity contribution >= 4 is 16.8 Å². The summed E-state index contributed by atoms with van der Waals surface area (Å²) in [5.41, 5.74) is 2.79. The number of nitrogens with zero attached hydrogens (tertiary/aromatic N) is 1. The molecule has 0 saturated heterocycles. The molecule has 0 aliphatic heterocycles. The Hall–Kier alpha value is -2.01. The van der Waals surface area contributed by atoms with E-state index in [1.807, 2.05) is 45.9 Å². The number of rotatable bonds is 9. The maximum atomic E-state index is 12.7. The second-order valence-electron chi connectivity index (χ2n) is 6.36. The topological polar surface area (TPSA) is 52.5 Å². The van der Waals surface area contributed by atoms with Gasteiger partial charge in [-0.25, -0.2) is 0 Å². The highest BCUT2D eigenvalue weighted by Crippen LogP contribution is 2.29. The van der Waals surface area contributed by atoms with Crippen molar-refractivity contribution in [2.75, 3.05) is 19.8 Å². The van der Waals surface area contributed by atoms with E-state index in [9.17, 15) is 4.79 Å². The molecule has 2 aromatic rings. The van der Waals surface area contributed by atoms with Crippen LogP contribution in [0, 0.1) is 6.92 Å². The van der Waals surface area contributed by atoms with Crippen LogP contribution in [-0.4, -0.2) is 36.3 Å². The molecule has 0 bridgehead atoms. The summed E-state index contributed by atoms with van der Waals surface area (Å²) in [6.45, 7) is 12.7. The van der Waals surface area contributed by atoms with E-state index in [0.717, 1.165) is 40.9 Å². The van der Waals surface area contributed by atoms with E-state index in [-0.39, 0.29) is 12.0 Å². The summed E-state index contributed by atoms with van der Waals surface area (Å²) in [5.74, 6) is 0.808. The van der Waals surface area contributed by atoms with Crippen molar-refractivity contribution in [1.82, 2.24) is 9.88 Å². The Bertz CT molecular complexity index is 719. The fourth-order valence-corrected chi connectivity index (χ4v) is 3.06. The van der Waals surface area contributed by atoms with Gasteiger partial charge < -0.3 is 19.4 Å². The molecule has 0 aliphatic carbocycles. The average Bonchev–Trinajstić information content (AvgIpc) is 2.86. The van der Waals surface area contributed by atoms with Gasteiger partial charge in [0.15, 0.2) is 0 Å². The summed E-state index contributed by atoms with van der Waals surface area (Å²) in [5, 5.41) is 4.09. The first-order valence-corrected chi connectivity index (χ1v) is 9.15. The van der Waals surface area contributed by atoms with Gasteiger partial charge in [-0.3, -0.25) is 4.79 Å². The van der Waals surface area contributed by atoms with Gasteiger partial charge in [-0.05, 0) is 64.8 Å². The molecule has 0 fully saturated rings. The number of benzene rings is 1. The first kappa shape index (κ1) is 19.3. The molecule has 1 N–H and O–H groups in total. The number of carbonyl (C=O) groups excluding carboxylic acids is 1. The number of ether oxygens (including phenoxy) is 2. The third-order valence-electron chi connectivity index (χ3n) is 4.19. The van der Waals surface area contributed by atoms with E-state index in [0.29, 0.717) is 19.8 Å². The van der Waals surface area contributed by atoms with Gasteiger partial charge in [-0.2, -0.15) is 0 Å². The van der Waals surface area contributed by atoms with Gasteiger partial charge in [-0.1, -0.05) is 0 Å². The summed E-state index contributed by atoms with van der Waals surface area (Å²) >= 11 is 0. The van der Waals surface area contributed by atoms with Crippen LogP contribution in [0.5, 0.6) is 5.75 Å². The number of carbonyl (C=O) groups is 1. The fourth-order valence-electron chi connectivity index (χ4n) is 3.06. The number of aryl methyl sites for hydroxylation is 2. The monoisotopic (exact) mass is 346 g/mol. The maximum Gasteiger partial charge on any atom is 0.268 e. The van der Waals surface area contributed by atoms with E-state index < -0.39 is 0 Å². The van der Waals surface area contributed by atoms with Gasteiger partial charge in [-0.15, -0.1) is 0 Å². The standard InChI is InChI=1S/C20H30N2O3/c1-6-22-18-10-9-16(24-7-2)13-17(18)15(5)19(22)20(23)21-11-8-12-25-14(3)4/h9-10,13-14H,6-8,11-12H2,1-5H3,(H,21,23). The van der Waals surface area contributed by atoms with Crippen LogP contribution in [0.15, 0.2) is 18.2 Å². The van der Waals surface area contributed by atoms with Gasteiger partial charge in [0.2, 0.25) is 0 Å². The summed E-state index contributed by atoms with van der Waals surface area (Å²) in [4.78, 5) is 12.7. The van der Waals surface area contributed by atoms with Crippen LogP contribution in [-0.2, 0) is 11.3 Å². The lowest BCUT2D eigenvalue weighted by atomic mass is 10.1. The minimum atomic E-state index is -0.0296. The third kappa shape index (κ3) is 4.54. The molecule has 1 aromatic heterocycles. The molecule has 1 aromatic carbocycles. The highest BCUT2D eigenvalue weighted by atomic mass is 16.5. The lowest BCUT2D eigenvalue weighted by molar-refractivity contribution is 0.0756. The predicted molar refractivity (Wildman–Crippen MR) is 102 cm³/mol. The first-order valence-electron chi connectivity index (χ1n) is 9.15. The molecule has 138 valence electrons. The van der Waals surface area contributed by atoms with Gasteiger partial charge in [0.25, 0.3) is 5.91 Å². The SMILES string of the molecule is CCOc1ccc2c(c1)c(C)c(C(=O)NCCCOC(C)C)n2CC. The Balaban J connectivity index is 2.18. The molecule has 0 aliphatic rings. The highest BCUT2D eigenvalue weighted by Gasteiger charge is 2.19. The van der Waals surface area contributed by atoms with E-state index in [1.165, 1.54) is 0 Å². The van der Waals surface area contributed by atoms with Crippen LogP contribution >= 0.6 is 0 Å². The zero-order valence-electron chi connectivity index (χ0n) is 16.0. The zero-order chi connectivity index (χ0) is 18.4. The number of aromatic nitrogens is 1. The molecule has 25 heavy (non-hydrogen) atoms. The minimum absolute atomic E-state index is 0.0296. The van der Waals surface area contributed by atoms with Crippen molar-refractivity contribution in [3.63, 3.8) is 0 Å². The van der Waals surface area contributed by atoms with Crippen molar-refractivity contribution in [2.45, 2.75) is 53.7 Å². The lowest BCUT2D eigenvalue weighted by Crippen LogP contribution is -2.28. The summed E-state index contributed by atoms with van der Waals surface area (Å²) in [7, 11) is 0. The molecule has 5 heteroatoms. The Morgan fingerprint density at radius 3 is 2.68 bits per heavy atom. The quantitative estimate of drug-likeness (QED) is 0.700. The van der Waals surface area contributed by atoms with Gasteiger partial charge in [0, 0.05) is 30.6 Å². The maximum absolute atomic E-state index is 12.7. The number of amides is 1. The van der Waals surface area contributed by atoms with Crippen LogP contribution in [0.2, 0.25) is 0 Å². The van der Waals surface area contributed by atoms with Crippen molar-refractivity contribution in [3.05, 3.63) is 29.5 Å². The van der Waals surface area contributed by atoms with Crippen LogP contribution < -0.4 is 10.1 Å². The molecule has 0 unspecified atom stereocenters. The van der Waals surface area contributed by atoms with E-state index in [4.69, 9.17) is 9.47 Å². The van der Waals surface area contributed by atoms with Crippen LogP contribution in [0.4, 0.5) is 0 Å². The van der Waals surface area contributed by atoms with Gasteiger partial charge >= 0.3 is 0 Å². The molecule has 0 radical (unpaired) electrons. The number of fused-ring (bicyclic) bond motifs is 1. The molecule has 0 spiro atoms. The number of nitrogens with one attached hydrogen (secondary N) is 1. The second kappa shape index (κ2) is 8.90. The molecule has 2 rings (SSSR count). The molecule has 0 atom stereocenters. The predicted octanol–water partition coefficient (Wildman–Crippen LogP) is 3.91. The Morgan fingerprint density at radius 1 is 1.28 bits per heavy atom. The molecule has 0 saturated carbocycles. The van der Waals surface area contributed by atoms with Gasteiger partial charge in [0.1, 0.15) is 11.4 Å². The van der Waals surface area contributed by atoms with Crippen molar-refractivity contribution in [3.8, 4) is 5.75 Å². The number of hydrogen-bond donors (Lipinski definition) is 1. The Kier molecular flexibility index (Phi) is 6.88. The van der Waals surface area contributed by atoms with E-state index >= 15 is 0 Å². The normalized spacial score (nSPS) is 11.3. The number of hydrogen-bond acceptors (Lipinski definition) is 3. The van der Waals surface area contributed by atoms with Crippen molar-refractivity contribution < 1.29 is 14.3 Å². The largest absolute Gasteiger partial charge is 0.494 e. The smallest absolute Gasteiger partial charge is 0.268 e. The van der Waals surface area contributed by atoms with E-state index in [1.54, 1.807) is 0 Å². The van der Waals surface area contributed by atoms with Crippen molar-refractivity contribution in [1.29, 1.82) is 0 Å². The summed E-state index contributed by atoms with van der Waals surface area (Å²) in [6, 6.07) is 6.01. The Morgan fingerprint density at radius 2 is 2.04 bits per heavy atom. The van der Waals surface area contributed by atoms with E-state index in [2.05, 4.69) is 16.8 Å². The summed E-state index contributed by atoms with van der Waals surface area (Å²) in [6.07, 6.45) is 1.03. The van der Waals surface area contributed by atoms with Crippen molar-refractivity contribution in [2.24, 2.45) is 0 Å². The minimum Gasteiger partial charge on any atom is -0.494 e. The lowest BCUT2D eigenvalue weighted by Gasteiger charge is -2.11. The molecule has 1 heterocycles. The first-order chi connectivity index (χ1) is 12.0. The summed E-state index contributed by atoms with van der Waals surface area (Å²) < 4.78 is 13.2. The third-order valence-corrected chi connectivity index (χ3v) is 4.19. The molecular weight excluding hydrogens is 316 g/mol. The second-order valence-corrected chi connectivity index (χ2v) is 6.36. The zero-order valence-corrected chi connectivity index (χ0v) is 16.0. The highest BCUT2D eigenvalue weighted by molar-refractivity contribution is 6.02. The molecule has 5 nitrogen and oxygen atoms in total. The average molecular weight is 346 g/mol.